The third-order valence-corrected chi connectivity index (χ3v) is 7.67. The molecular weight excluding hydrogens is 378 g/mol. The van der Waals surface area contributed by atoms with Crippen molar-refractivity contribution in [3.8, 4) is 5.75 Å². The lowest BCUT2D eigenvalue weighted by Crippen LogP contribution is -3.14. The second-order valence-corrected chi connectivity index (χ2v) is 9.47. The Balaban J connectivity index is 1.65. The van der Waals surface area contributed by atoms with Crippen LogP contribution in [0.2, 0.25) is 0 Å². The number of amides is 1. The molecular formula is C20H32N3O4S+. The minimum atomic E-state index is -3.60. The van der Waals surface area contributed by atoms with E-state index in [1.54, 1.807) is 24.3 Å². The highest BCUT2D eigenvalue weighted by Gasteiger charge is 2.36. The normalized spacial score (nSPS) is 22.2. The molecule has 0 aliphatic carbocycles. The maximum Gasteiger partial charge on any atom is 0.243 e. The van der Waals surface area contributed by atoms with E-state index in [1.165, 1.54) is 9.21 Å². The zero-order valence-electron chi connectivity index (χ0n) is 16.9. The Labute approximate surface area is 168 Å². The molecule has 156 valence electrons. The van der Waals surface area contributed by atoms with Gasteiger partial charge in [-0.3, -0.25) is 4.79 Å². The Bertz CT molecular complexity index is 758. The fraction of sp³-hybridized carbons (Fsp3) is 0.650. The van der Waals surface area contributed by atoms with Gasteiger partial charge in [-0.2, -0.15) is 4.31 Å². The molecule has 2 saturated heterocycles. The average molecular weight is 411 g/mol. The molecule has 1 aromatic carbocycles. The highest BCUT2D eigenvalue weighted by Crippen LogP contribution is 2.26. The zero-order valence-corrected chi connectivity index (χ0v) is 17.7. The van der Waals surface area contributed by atoms with Crippen LogP contribution >= 0.6 is 0 Å². The SMILES string of the molecule is CCOc1ccc(S(=O)(=O)N2CCC[C@@H](C(=O)N3CC[NH+](CC)CC3)C2)cc1. The van der Waals surface area contributed by atoms with Crippen LogP contribution in [0.4, 0.5) is 0 Å². The van der Waals surface area contributed by atoms with Gasteiger partial charge in [0.25, 0.3) is 0 Å². The van der Waals surface area contributed by atoms with Crippen LogP contribution in [0.25, 0.3) is 0 Å². The molecule has 7 nitrogen and oxygen atoms in total. The number of hydrogen-bond donors (Lipinski definition) is 1. The number of likely N-dealkylation sites (N-methyl/N-ethyl adjacent to an activating group) is 1. The van der Waals surface area contributed by atoms with E-state index < -0.39 is 10.0 Å². The number of hydrogen-bond acceptors (Lipinski definition) is 4. The van der Waals surface area contributed by atoms with Crippen LogP contribution < -0.4 is 9.64 Å². The number of quaternary nitrogens is 1. The Hall–Kier alpha value is -1.64. The molecule has 0 radical (unpaired) electrons. The number of carbonyl (C=O) groups is 1. The molecule has 0 saturated carbocycles. The van der Waals surface area contributed by atoms with Crippen molar-refractivity contribution in [3.63, 3.8) is 0 Å². The second kappa shape index (κ2) is 9.24. The molecule has 2 aliphatic heterocycles. The standard InChI is InChI=1S/C20H31N3O4S/c1-3-21-12-14-22(15-13-21)20(24)17-6-5-11-23(16-17)28(25,26)19-9-7-18(8-10-19)27-4-2/h7-10,17H,3-6,11-16H2,1-2H3/p+1/t17-/m1/s1. The van der Waals surface area contributed by atoms with E-state index in [2.05, 4.69) is 6.92 Å². The van der Waals surface area contributed by atoms with Gasteiger partial charge in [-0.15, -0.1) is 0 Å². The summed E-state index contributed by atoms with van der Waals surface area (Å²) in [5, 5.41) is 0. The van der Waals surface area contributed by atoms with E-state index in [0.29, 0.717) is 25.3 Å². The van der Waals surface area contributed by atoms with Crippen LogP contribution in [0.1, 0.15) is 26.7 Å². The highest BCUT2D eigenvalue weighted by molar-refractivity contribution is 7.89. The number of benzene rings is 1. The van der Waals surface area contributed by atoms with Gasteiger partial charge in [-0.25, -0.2) is 8.42 Å². The molecule has 2 heterocycles. The van der Waals surface area contributed by atoms with Crippen molar-refractivity contribution in [3.05, 3.63) is 24.3 Å². The number of nitrogens with zero attached hydrogens (tertiary/aromatic N) is 2. The lowest BCUT2D eigenvalue weighted by Gasteiger charge is -2.37. The number of piperidine rings is 1. The van der Waals surface area contributed by atoms with Gasteiger partial charge in [-0.05, 0) is 51.0 Å². The summed E-state index contributed by atoms with van der Waals surface area (Å²) in [5.41, 5.74) is 0. The topological polar surface area (TPSA) is 71.4 Å². The summed E-state index contributed by atoms with van der Waals surface area (Å²) < 4.78 is 32.9. The third kappa shape index (κ3) is 4.67. The monoisotopic (exact) mass is 410 g/mol. The summed E-state index contributed by atoms with van der Waals surface area (Å²) in [4.78, 5) is 16.7. The minimum Gasteiger partial charge on any atom is -0.494 e. The summed E-state index contributed by atoms with van der Waals surface area (Å²) >= 11 is 0. The van der Waals surface area contributed by atoms with Crippen molar-refractivity contribution in [1.29, 1.82) is 0 Å². The first-order chi connectivity index (χ1) is 13.5. The van der Waals surface area contributed by atoms with Crippen molar-refractivity contribution in [2.75, 3.05) is 52.4 Å². The first kappa shape index (κ1) is 21.1. The number of nitrogens with one attached hydrogen (secondary N) is 1. The number of ether oxygens (including phenoxy) is 1. The van der Waals surface area contributed by atoms with Gasteiger partial charge in [-0.1, -0.05) is 0 Å². The Morgan fingerprint density at radius 1 is 1.14 bits per heavy atom. The fourth-order valence-electron chi connectivity index (χ4n) is 4.04. The van der Waals surface area contributed by atoms with Crippen LogP contribution in [0.3, 0.4) is 0 Å². The van der Waals surface area contributed by atoms with E-state index in [-0.39, 0.29) is 23.3 Å². The molecule has 2 fully saturated rings. The van der Waals surface area contributed by atoms with E-state index >= 15 is 0 Å². The largest absolute Gasteiger partial charge is 0.494 e. The molecule has 8 heteroatoms. The highest BCUT2D eigenvalue weighted by atomic mass is 32.2. The molecule has 0 spiro atoms. The Kier molecular flexibility index (Phi) is 6.95. The van der Waals surface area contributed by atoms with Crippen LogP contribution in [-0.2, 0) is 14.8 Å². The summed E-state index contributed by atoms with van der Waals surface area (Å²) in [6.45, 7) is 9.90. The number of carbonyl (C=O) groups excluding carboxylic acids is 1. The van der Waals surface area contributed by atoms with Gasteiger partial charge in [0.05, 0.1) is 50.1 Å². The quantitative estimate of drug-likeness (QED) is 0.729. The fourth-order valence-corrected chi connectivity index (χ4v) is 5.56. The minimum absolute atomic E-state index is 0.113. The summed E-state index contributed by atoms with van der Waals surface area (Å²) in [6.07, 6.45) is 1.47. The number of piperazine rings is 1. The molecule has 0 aromatic heterocycles. The van der Waals surface area contributed by atoms with Crippen molar-refractivity contribution in [1.82, 2.24) is 9.21 Å². The lowest BCUT2D eigenvalue weighted by atomic mass is 9.98. The molecule has 1 amide bonds. The van der Waals surface area contributed by atoms with Crippen molar-refractivity contribution < 1.29 is 22.8 Å². The van der Waals surface area contributed by atoms with Gasteiger partial charge in [0, 0.05) is 13.1 Å². The average Bonchev–Trinajstić information content (AvgIpc) is 2.74. The predicted molar refractivity (Wildman–Crippen MR) is 107 cm³/mol. The first-order valence-electron chi connectivity index (χ1n) is 10.3. The molecule has 1 N–H and O–H groups in total. The van der Waals surface area contributed by atoms with Crippen molar-refractivity contribution in [2.45, 2.75) is 31.6 Å². The van der Waals surface area contributed by atoms with Gasteiger partial charge in [0.15, 0.2) is 0 Å². The van der Waals surface area contributed by atoms with E-state index in [1.807, 2.05) is 11.8 Å². The summed E-state index contributed by atoms with van der Waals surface area (Å²) in [5.74, 6) is 0.526. The summed E-state index contributed by atoms with van der Waals surface area (Å²) in [7, 11) is -3.60. The van der Waals surface area contributed by atoms with Gasteiger partial charge < -0.3 is 14.5 Å². The molecule has 1 aromatic rings. The Morgan fingerprint density at radius 3 is 2.43 bits per heavy atom. The van der Waals surface area contributed by atoms with Crippen LogP contribution in [-0.4, -0.2) is 76.0 Å². The van der Waals surface area contributed by atoms with Crippen LogP contribution in [0.15, 0.2) is 29.2 Å². The van der Waals surface area contributed by atoms with Crippen molar-refractivity contribution in [2.24, 2.45) is 5.92 Å². The smallest absolute Gasteiger partial charge is 0.243 e. The molecule has 28 heavy (non-hydrogen) atoms. The van der Waals surface area contributed by atoms with E-state index in [0.717, 1.165) is 39.1 Å². The molecule has 3 rings (SSSR count). The van der Waals surface area contributed by atoms with Gasteiger partial charge in [0.1, 0.15) is 5.75 Å². The summed E-state index contributed by atoms with van der Waals surface area (Å²) in [6, 6.07) is 6.52. The van der Waals surface area contributed by atoms with Crippen LogP contribution in [0.5, 0.6) is 5.75 Å². The number of rotatable bonds is 6. The number of sulfonamides is 1. The van der Waals surface area contributed by atoms with Gasteiger partial charge >= 0.3 is 0 Å². The molecule has 2 aliphatic rings. The zero-order chi connectivity index (χ0) is 20.1. The Morgan fingerprint density at radius 2 is 1.82 bits per heavy atom. The molecule has 1 atom stereocenters. The first-order valence-corrected chi connectivity index (χ1v) is 11.7. The maximum atomic E-state index is 13.0. The molecule has 0 bridgehead atoms. The predicted octanol–water partition coefficient (Wildman–Crippen LogP) is 0.233. The van der Waals surface area contributed by atoms with Crippen LogP contribution in [0, 0.1) is 5.92 Å². The van der Waals surface area contributed by atoms with Crippen molar-refractivity contribution >= 4 is 15.9 Å². The maximum absolute atomic E-state index is 13.0. The second-order valence-electron chi connectivity index (χ2n) is 7.54. The molecule has 0 unspecified atom stereocenters. The third-order valence-electron chi connectivity index (χ3n) is 5.79. The lowest BCUT2D eigenvalue weighted by molar-refractivity contribution is -0.902. The van der Waals surface area contributed by atoms with E-state index in [4.69, 9.17) is 4.74 Å². The van der Waals surface area contributed by atoms with Gasteiger partial charge in [0.2, 0.25) is 15.9 Å². The van der Waals surface area contributed by atoms with E-state index in [9.17, 15) is 13.2 Å².